The largest absolute Gasteiger partial charge is 0.370 e. The van der Waals surface area contributed by atoms with E-state index in [2.05, 4.69) is 41.0 Å². The highest BCUT2D eigenvalue weighted by Crippen LogP contribution is 2.16. The predicted octanol–water partition coefficient (Wildman–Crippen LogP) is 2.36. The molecule has 1 rings (SSSR count). The third kappa shape index (κ3) is 4.77. The molecule has 102 valence electrons. The highest BCUT2D eigenvalue weighted by Gasteiger charge is 2.07. The van der Waals surface area contributed by atoms with Crippen LogP contribution in [0.4, 0.5) is 17.6 Å². The first-order valence-corrected chi connectivity index (χ1v) is 6.62. The topological polar surface area (TPSA) is 67.1 Å². The van der Waals surface area contributed by atoms with E-state index in [1.165, 1.54) is 0 Å². The van der Waals surface area contributed by atoms with Gasteiger partial charge in [-0.05, 0) is 18.8 Å². The van der Waals surface area contributed by atoms with Crippen LogP contribution in [0.2, 0.25) is 0 Å². The van der Waals surface area contributed by atoms with E-state index in [1.54, 1.807) is 0 Å². The Morgan fingerprint density at radius 2 is 2.11 bits per heavy atom. The quantitative estimate of drug-likeness (QED) is 0.778. The van der Waals surface area contributed by atoms with Crippen molar-refractivity contribution in [3.8, 4) is 0 Å². The van der Waals surface area contributed by atoms with E-state index in [1.807, 2.05) is 13.1 Å². The molecule has 0 aromatic carbocycles. The Labute approximate surface area is 110 Å². The van der Waals surface area contributed by atoms with Crippen molar-refractivity contribution < 1.29 is 0 Å². The van der Waals surface area contributed by atoms with Crippen molar-refractivity contribution >= 4 is 17.6 Å². The summed E-state index contributed by atoms with van der Waals surface area (Å²) in [6.07, 6.45) is 2.19. The lowest BCUT2D eigenvalue weighted by molar-refractivity contribution is 0.583. The highest BCUT2D eigenvalue weighted by molar-refractivity contribution is 5.52. The molecular formula is C13H25N5. The monoisotopic (exact) mass is 251 g/mol. The van der Waals surface area contributed by atoms with Gasteiger partial charge >= 0.3 is 0 Å². The van der Waals surface area contributed by atoms with E-state index in [0.29, 0.717) is 11.9 Å². The summed E-state index contributed by atoms with van der Waals surface area (Å²) in [5.74, 6) is 2.68. The number of nitrogen functional groups attached to an aromatic ring is 1. The molecule has 0 saturated carbocycles. The molecule has 0 atom stereocenters. The normalized spacial score (nSPS) is 10.7. The third-order valence-corrected chi connectivity index (χ3v) is 2.72. The molecule has 0 unspecified atom stereocenters. The molecule has 5 nitrogen and oxygen atoms in total. The first kappa shape index (κ1) is 14.5. The van der Waals surface area contributed by atoms with Gasteiger partial charge in [0.1, 0.15) is 11.6 Å². The molecule has 0 fully saturated rings. The van der Waals surface area contributed by atoms with Gasteiger partial charge in [0, 0.05) is 26.2 Å². The summed E-state index contributed by atoms with van der Waals surface area (Å²) in [6, 6.07) is 1.95. The van der Waals surface area contributed by atoms with Crippen LogP contribution in [-0.2, 0) is 0 Å². The van der Waals surface area contributed by atoms with Gasteiger partial charge in [-0.1, -0.05) is 20.8 Å². The summed E-state index contributed by atoms with van der Waals surface area (Å²) in [7, 11) is 2.04. The lowest BCUT2D eigenvalue weighted by Gasteiger charge is -2.20. The average Bonchev–Trinajstić information content (AvgIpc) is 2.32. The van der Waals surface area contributed by atoms with Crippen molar-refractivity contribution in [2.24, 2.45) is 5.92 Å². The van der Waals surface area contributed by atoms with Gasteiger partial charge in [-0.2, -0.15) is 9.97 Å². The van der Waals surface area contributed by atoms with Gasteiger partial charge in [-0.15, -0.1) is 0 Å². The van der Waals surface area contributed by atoms with E-state index in [9.17, 15) is 0 Å². The van der Waals surface area contributed by atoms with E-state index in [0.717, 1.165) is 37.6 Å². The average molecular weight is 251 g/mol. The maximum absolute atomic E-state index is 5.74. The molecule has 0 aliphatic heterocycles. The molecular weight excluding hydrogens is 226 g/mol. The van der Waals surface area contributed by atoms with Gasteiger partial charge in [0.05, 0.1) is 0 Å². The minimum atomic E-state index is 0.322. The fourth-order valence-electron chi connectivity index (χ4n) is 1.56. The number of anilines is 3. The molecule has 0 aliphatic carbocycles. The highest BCUT2D eigenvalue weighted by atomic mass is 15.2. The number of hydrogen-bond donors (Lipinski definition) is 2. The Morgan fingerprint density at radius 3 is 2.72 bits per heavy atom. The van der Waals surface area contributed by atoms with Crippen LogP contribution in [0.1, 0.15) is 33.6 Å². The summed E-state index contributed by atoms with van der Waals surface area (Å²) in [5, 5.41) is 3.24. The Hall–Kier alpha value is -1.52. The fourth-order valence-corrected chi connectivity index (χ4v) is 1.56. The first-order chi connectivity index (χ1) is 8.52. The van der Waals surface area contributed by atoms with Crippen LogP contribution in [0.3, 0.4) is 0 Å². The van der Waals surface area contributed by atoms with E-state index < -0.39 is 0 Å². The number of nitrogens with one attached hydrogen (secondary N) is 1. The molecule has 3 N–H and O–H groups in total. The van der Waals surface area contributed by atoms with Gasteiger partial charge in [-0.3, -0.25) is 0 Å². The number of nitrogens with zero attached hydrogens (tertiary/aromatic N) is 3. The zero-order chi connectivity index (χ0) is 13.5. The SMILES string of the molecule is CCCNc1cc(N(C)CCC(C)C)nc(N)n1. The van der Waals surface area contributed by atoms with E-state index >= 15 is 0 Å². The smallest absolute Gasteiger partial charge is 0.223 e. The second-order valence-corrected chi connectivity index (χ2v) is 5.00. The lowest BCUT2D eigenvalue weighted by atomic mass is 10.1. The van der Waals surface area contributed by atoms with E-state index in [-0.39, 0.29) is 0 Å². The maximum Gasteiger partial charge on any atom is 0.223 e. The van der Waals surface area contributed by atoms with Gasteiger partial charge in [0.15, 0.2) is 0 Å². The third-order valence-electron chi connectivity index (χ3n) is 2.72. The zero-order valence-electron chi connectivity index (χ0n) is 11.9. The van der Waals surface area contributed by atoms with Gasteiger partial charge in [0.2, 0.25) is 5.95 Å². The van der Waals surface area contributed by atoms with Crippen LogP contribution in [0.15, 0.2) is 6.07 Å². The summed E-state index contributed by atoms with van der Waals surface area (Å²) < 4.78 is 0. The second-order valence-electron chi connectivity index (χ2n) is 5.00. The van der Waals surface area contributed by atoms with Crippen LogP contribution < -0.4 is 16.0 Å². The molecule has 1 heterocycles. The summed E-state index contributed by atoms with van der Waals surface area (Å²) in [4.78, 5) is 10.6. The molecule has 5 heteroatoms. The molecule has 0 amide bonds. The van der Waals surface area contributed by atoms with Crippen LogP contribution in [-0.4, -0.2) is 30.1 Å². The predicted molar refractivity (Wildman–Crippen MR) is 78.0 cm³/mol. The minimum absolute atomic E-state index is 0.322. The van der Waals surface area contributed by atoms with Gasteiger partial charge in [0.25, 0.3) is 0 Å². The number of rotatable bonds is 7. The molecule has 0 spiro atoms. The van der Waals surface area contributed by atoms with Crippen molar-refractivity contribution in [1.82, 2.24) is 9.97 Å². The van der Waals surface area contributed by atoms with E-state index in [4.69, 9.17) is 5.73 Å². The number of hydrogen-bond acceptors (Lipinski definition) is 5. The van der Waals surface area contributed by atoms with Crippen molar-refractivity contribution in [3.63, 3.8) is 0 Å². The van der Waals surface area contributed by atoms with Gasteiger partial charge in [-0.25, -0.2) is 0 Å². The van der Waals surface area contributed by atoms with Crippen molar-refractivity contribution in [2.45, 2.75) is 33.6 Å². The van der Waals surface area contributed by atoms with Crippen LogP contribution in [0.25, 0.3) is 0 Å². The first-order valence-electron chi connectivity index (χ1n) is 6.62. The van der Waals surface area contributed by atoms with Crippen molar-refractivity contribution in [1.29, 1.82) is 0 Å². The fraction of sp³-hybridized carbons (Fsp3) is 0.692. The molecule has 1 aromatic rings. The molecule has 0 saturated heterocycles. The maximum atomic E-state index is 5.74. The summed E-state index contributed by atoms with van der Waals surface area (Å²) >= 11 is 0. The Kier molecular flexibility index (Phi) is 5.68. The Bertz CT molecular complexity index is 364. The zero-order valence-corrected chi connectivity index (χ0v) is 11.9. The number of aromatic nitrogens is 2. The van der Waals surface area contributed by atoms with Crippen molar-refractivity contribution in [2.75, 3.05) is 36.1 Å². The van der Waals surface area contributed by atoms with Crippen LogP contribution >= 0.6 is 0 Å². The minimum Gasteiger partial charge on any atom is -0.370 e. The van der Waals surface area contributed by atoms with Crippen LogP contribution in [0, 0.1) is 5.92 Å². The van der Waals surface area contributed by atoms with Crippen LogP contribution in [0.5, 0.6) is 0 Å². The summed E-state index contributed by atoms with van der Waals surface area (Å²) in [6.45, 7) is 8.42. The standard InChI is InChI=1S/C13H25N5/c1-5-7-15-11-9-12(17-13(14)16-11)18(4)8-6-10(2)3/h9-10H,5-8H2,1-4H3,(H3,14,15,16,17). The second kappa shape index (κ2) is 7.03. The molecule has 18 heavy (non-hydrogen) atoms. The molecule has 1 aromatic heterocycles. The Morgan fingerprint density at radius 1 is 1.39 bits per heavy atom. The molecule has 0 radical (unpaired) electrons. The number of nitrogens with two attached hydrogens (primary N) is 1. The van der Waals surface area contributed by atoms with Crippen molar-refractivity contribution in [3.05, 3.63) is 6.07 Å². The Balaban J connectivity index is 2.71. The molecule has 0 bridgehead atoms. The van der Waals surface area contributed by atoms with Gasteiger partial charge < -0.3 is 16.0 Å². The lowest BCUT2D eigenvalue weighted by Crippen LogP contribution is -2.22. The molecule has 0 aliphatic rings. The summed E-state index contributed by atoms with van der Waals surface area (Å²) in [5.41, 5.74) is 5.74.